The Kier molecular flexibility index (Phi) is 6.00. The van der Waals surface area contributed by atoms with Crippen molar-refractivity contribution in [2.45, 2.75) is 105 Å². The molecular weight excluding hydrogens is 328 g/mol. The molecule has 5 rings (SSSR count). The van der Waals surface area contributed by atoms with Crippen LogP contribution in [0.1, 0.15) is 98.8 Å². The normalized spacial score (nSPS) is 53.4. The van der Waals surface area contributed by atoms with Crippen molar-refractivity contribution in [1.82, 2.24) is 0 Å². The smallest absolute Gasteiger partial charge is 0.0812 e. The van der Waals surface area contributed by atoms with Crippen LogP contribution in [0, 0.1) is 52.8 Å². The molecule has 1 heteroatoms. The minimum absolute atomic E-state index is 0.626. The maximum atomic E-state index is 5.64. The fourth-order valence-electron chi connectivity index (χ4n) is 8.78. The largest absolute Gasteiger partial charge is 0.373 e. The van der Waals surface area contributed by atoms with Crippen LogP contribution in [-0.2, 0) is 4.74 Å². The summed E-state index contributed by atoms with van der Waals surface area (Å²) in [7, 11) is 0. The van der Waals surface area contributed by atoms with E-state index in [2.05, 4.69) is 20.8 Å². The van der Waals surface area contributed by atoms with E-state index >= 15 is 0 Å². The number of hydrogen-bond donors (Lipinski definition) is 0. The first kappa shape index (κ1) is 20.2. The number of hydrogen-bond acceptors (Lipinski definition) is 1. The van der Waals surface area contributed by atoms with Crippen molar-refractivity contribution in [1.29, 1.82) is 0 Å². The second-order valence-electron chi connectivity index (χ2n) is 11.1. The first-order chi connectivity index (χ1) is 13.1. The number of rotatable bonds is 3. The minimum atomic E-state index is 0.626. The van der Waals surface area contributed by atoms with Gasteiger partial charge in [0.25, 0.3) is 0 Å². The van der Waals surface area contributed by atoms with Crippen molar-refractivity contribution >= 4 is 0 Å². The summed E-state index contributed by atoms with van der Waals surface area (Å²) in [6, 6.07) is 0. The molecule has 10 atom stereocenters. The zero-order chi connectivity index (χ0) is 19.2. The number of epoxide rings is 1. The maximum absolute atomic E-state index is 5.64. The van der Waals surface area contributed by atoms with Crippen molar-refractivity contribution in [3.05, 3.63) is 0 Å². The lowest BCUT2D eigenvalue weighted by molar-refractivity contribution is -0.0699. The van der Waals surface area contributed by atoms with Gasteiger partial charge >= 0.3 is 0 Å². The van der Waals surface area contributed by atoms with Crippen molar-refractivity contribution < 1.29 is 4.74 Å². The topological polar surface area (TPSA) is 12.5 Å². The zero-order valence-electron chi connectivity index (χ0n) is 18.9. The fourth-order valence-corrected chi connectivity index (χ4v) is 8.78. The van der Waals surface area contributed by atoms with Gasteiger partial charge in [-0.3, -0.25) is 0 Å². The lowest BCUT2D eigenvalue weighted by Gasteiger charge is -2.56. The number of fused-ring (bicyclic) bond motifs is 5. The molecule has 0 bridgehead atoms. The molecule has 1 nitrogen and oxygen atoms in total. The van der Waals surface area contributed by atoms with Gasteiger partial charge in [-0.15, -0.1) is 0 Å². The molecule has 0 aromatic heterocycles. The highest BCUT2D eigenvalue weighted by molar-refractivity contribution is 5.08. The van der Waals surface area contributed by atoms with Crippen LogP contribution in [0.2, 0.25) is 0 Å². The van der Waals surface area contributed by atoms with Crippen LogP contribution >= 0.6 is 0 Å². The Morgan fingerprint density at radius 1 is 0.926 bits per heavy atom. The molecule has 5 aliphatic rings. The van der Waals surface area contributed by atoms with Crippen LogP contribution in [0.4, 0.5) is 0 Å². The predicted octanol–water partition coefficient (Wildman–Crippen LogP) is 7.34. The molecule has 0 aromatic rings. The van der Waals surface area contributed by atoms with E-state index in [9.17, 15) is 0 Å². The Bertz CT molecular complexity index is 496. The molecule has 0 aromatic carbocycles. The third-order valence-electron chi connectivity index (χ3n) is 10.2. The fraction of sp³-hybridized carbons (Fsp3) is 1.00. The molecule has 0 amide bonds. The second-order valence-corrected chi connectivity index (χ2v) is 11.1. The quantitative estimate of drug-likeness (QED) is 0.471. The van der Waals surface area contributed by atoms with Gasteiger partial charge in [-0.1, -0.05) is 47.5 Å². The lowest BCUT2D eigenvalue weighted by atomic mass is 9.49. The van der Waals surface area contributed by atoms with E-state index in [0.29, 0.717) is 11.5 Å². The number of ether oxygens (including phenoxy) is 1. The second kappa shape index (κ2) is 8.00. The molecule has 0 N–H and O–H groups in total. The van der Waals surface area contributed by atoms with Crippen LogP contribution < -0.4 is 0 Å². The van der Waals surface area contributed by atoms with E-state index in [0.717, 1.165) is 54.0 Å². The highest BCUT2D eigenvalue weighted by atomic mass is 16.6. The molecule has 4 aliphatic carbocycles. The van der Waals surface area contributed by atoms with Gasteiger partial charge in [0.2, 0.25) is 0 Å². The summed E-state index contributed by atoms with van der Waals surface area (Å²) in [6.45, 7) is 12.7. The van der Waals surface area contributed by atoms with E-state index in [4.69, 9.17) is 4.74 Å². The average Bonchev–Trinajstić information content (AvgIpc) is 3.48. The van der Waals surface area contributed by atoms with E-state index in [1.807, 2.05) is 13.8 Å². The standard InChI is InChI=1S/C24H40O.C2H6/c1-4-16-5-7-19-17(12-16)6-8-21-20(19)9-10-24(3)22(13-18-14-25-18)15(2)11-23(21)24;1-2/h15-23H,4-14H2,1-3H3;1-2H3/t15-,16+,17-,18?,19?,20?,21-,22?,23?,24-;/m1./s1. The predicted molar refractivity (Wildman–Crippen MR) is 115 cm³/mol. The Morgan fingerprint density at radius 2 is 1.67 bits per heavy atom. The van der Waals surface area contributed by atoms with E-state index < -0.39 is 0 Å². The summed E-state index contributed by atoms with van der Waals surface area (Å²) in [5.74, 6) is 8.34. The van der Waals surface area contributed by atoms with E-state index in [1.54, 1.807) is 38.5 Å². The third-order valence-corrected chi connectivity index (χ3v) is 10.2. The van der Waals surface area contributed by atoms with Gasteiger partial charge in [-0.2, -0.15) is 0 Å². The zero-order valence-corrected chi connectivity index (χ0v) is 18.9. The first-order valence-corrected chi connectivity index (χ1v) is 12.7. The highest BCUT2D eigenvalue weighted by Crippen LogP contribution is 2.66. The SMILES string of the molecule is CC.CC[C@H]1CCC2C3CC[C@@]4(C)C(C[C@@H](C)C4CC4CO4)[C@@H]3CC[C@@H]2C1. The van der Waals surface area contributed by atoms with Crippen molar-refractivity contribution in [2.75, 3.05) is 6.61 Å². The van der Waals surface area contributed by atoms with Crippen LogP contribution in [0.15, 0.2) is 0 Å². The monoisotopic (exact) mass is 374 g/mol. The van der Waals surface area contributed by atoms with Gasteiger partial charge in [0.15, 0.2) is 0 Å². The molecule has 1 aliphatic heterocycles. The summed E-state index contributed by atoms with van der Waals surface area (Å²) in [4.78, 5) is 0. The minimum Gasteiger partial charge on any atom is -0.373 e. The summed E-state index contributed by atoms with van der Waals surface area (Å²) in [5.41, 5.74) is 0.639. The molecule has 0 radical (unpaired) electrons. The van der Waals surface area contributed by atoms with Gasteiger partial charge in [-0.05, 0) is 104 Å². The molecular formula is C26H46O. The summed E-state index contributed by atoms with van der Waals surface area (Å²) < 4.78 is 5.64. The van der Waals surface area contributed by atoms with E-state index in [-0.39, 0.29) is 0 Å². The maximum Gasteiger partial charge on any atom is 0.0812 e. The average molecular weight is 375 g/mol. The van der Waals surface area contributed by atoms with Gasteiger partial charge in [-0.25, -0.2) is 0 Å². The molecule has 4 saturated carbocycles. The molecule has 156 valence electrons. The highest BCUT2D eigenvalue weighted by Gasteiger charge is 2.59. The molecule has 1 saturated heterocycles. The molecule has 27 heavy (non-hydrogen) atoms. The Hall–Kier alpha value is -0.0400. The molecule has 0 spiro atoms. The summed E-state index contributed by atoms with van der Waals surface area (Å²) in [6.07, 6.45) is 15.9. The lowest BCUT2D eigenvalue weighted by Crippen LogP contribution is -2.48. The molecule has 5 unspecified atom stereocenters. The molecule has 1 heterocycles. The summed E-state index contributed by atoms with van der Waals surface area (Å²) >= 11 is 0. The van der Waals surface area contributed by atoms with Crippen molar-refractivity contribution in [3.63, 3.8) is 0 Å². The van der Waals surface area contributed by atoms with Crippen LogP contribution in [0.5, 0.6) is 0 Å². The first-order valence-electron chi connectivity index (χ1n) is 12.7. The Morgan fingerprint density at radius 3 is 2.37 bits per heavy atom. The van der Waals surface area contributed by atoms with Gasteiger partial charge in [0.05, 0.1) is 12.7 Å². The van der Waals surface area contributed by atoms with Crippen molar-refractivity contribution in [2.24, 2.45) is 52.8 Å². The van der Waals surface area contributed by atoms with Gasteiger partial charge < -0.3 is 4.74 Å². The molecule has 5 fully saturated rings. The Balaban J connectivity index is 0.000000872. The van der Waals surface area contributed by atoms with E-state index in [1.165, 1.54) is 25.7 Å². The third kappa shape index (κ3) is 3.53. The Labute approximate surface area is 169 Å². The van der Waals surface area contributed by atoms with Crippen LogP contribution in [-0.4, -0.2) is 12.7 Å². The van der Waals surface area contributed by atoms with Gasteiger partial charge in [0.1, 0.15) is 0 Å². The summed E-state index contributed by atoms with van der Waals surface area (Å²) in [5, 5.41) is 0. The van der Waals surface area contributed by atoms with Crippen LogP contribution in [0.3, 0.4) is 0 Å². The van der Waals surface area contributed by atoms with Crippen LogP contribution in [0.25, 0.3) is 0 Å². The van der Waals surface area contributed by atoms with Gasteiger partial charge in [0, 0.05) is 0 Å². The van der Waals surface area contributed by atoms with Crippen molar-refractivity contribution in [3.8, 4) is 0 Å².